The van der Waals surface area contributed by atoms with Crippen molar-refractivity contribution in [1.29, 1.82) is 0 Å². The van der Waals surface area contributed by atoms with Crippen LogP contribution >= 0.6 is 0 Å². The number of aliphatic hydroxyl groups excluding tert-OH is 2. The van der Waals surface area contributed by atoms with Crippen LogP contribution in [0.1, 0.15) is 28.6 Å². The number of nitrogens with one attached hydrogen (secondary N) is 1. The molecule has 1 aliphatic rings. The summed E-state index contributed by atoms with van der Waals surface area (Å²) in [7, 11) is 0. The third kappa shape index (κ3) is 3.64. The van der Waals surface area contributed by atoms with Crippen molar-refractivity contribution in [3.8, 4) is 5.75 Å². The Labute approximate surface area is 167 Å². The number of aryl methyl sites for hydroxylation is 1. The van der Waals surface area contributed by atoms with Crippen molar-refractivity contribution in [2.75, 3.05) is 13.2 Å². The summed E-state index contributed by atoms with van der Waals surface area (Å²) in [5.74, 6) is 0.543. The van der Waals surface area contributed by atoms with Gasteiger partial charge in [-0.2, -0.15) is 0 Å². The summed E-state index contributed by atoms with van der Waals surface area (Å²) in [4.78, 5) is 16.6. The highest BCUT2D eigenvalue weighted by Gasteiger charge is 2.37. The Hall–Kier alpha value is -3.10. The first-order valence-corrected chi connectivity index (χ1v) is 9.49. The van der Waals surface area contributed by atoms with Gasteiger partial charge in [-0.1, -0.05) is 24.3 Å². The Balaban J connectivity index is 1.66. The molecule has 4 rings (SSSR count). The number of aromatic nitrogens is 2. The fraction of sp³-hybridized carbons (Fsp3) is 0.333. The number of aliphatic hydroxyl groups is 2. The lowest BCUT2D eigenvalue weighted by atomic mass is 10.1. The number of pyridine rings is 1. The highest BCUT2D eigenvalue weighted by molar-refractivity contribution is 5.67. The second-order valence-corrected chi connectivity index (χ2v) is 6.90. The molecule has 0 fully saturated rings. The van der Waals surface area contributed by atoms with E-state index < -0.39 is 18.3 Å². The summed E-state index contributed by atoms with van der Waals surface area (Å²) < 4.78 is 13.7. The smallest absolute Gasteiger partial charge is 0.407 e. The molecule has 0 spiro atoms. The maximum Gasteiger partial charge on any atom is 0.407 e. The first kappa shape index (κ1) is 19.2. The highest BCUT2D eigenvalue weighted by atomic mass is 16.6. The second-order valence-electron chi connectivity index (χ2n) is 6.90. The maximum absolute atomic E-state index is 12.1. The quantitative estimate of drug-likeness (QED) is 0.587. The third-order valence-electron chi connectivity index (χ3n) is 5.08. The number of amides is 1. The van der Waals surface area contributed by atoms with Gasteiger partial charge < -0.3 is 25.0 Å². The number of imidazole rings is 1. The molecule has 152 valence electrons. The van der Waals surface area contributed by atoms with Gasteiger partial charge in [-0.05, 0) is 30.2 Å². The lowest BCUT2D eigenvalue weighted by molar-refractivity contribution is 0.0260. The highest BCUT2D eigenvalue weighted by Crippen LogP contribution is 2.38. The van der Waals surface area contributed by atoms with Crippen molar-refractivity contribution in [3.05, 3.63) is 65.1 Å². The number of alkyl carbamates (subject to hydrolysis) is 1. The van der Waals surface area contributed by atoms with Crippen LogP contribution in [0.15, 0.2) is 42.6 Å². The van der Waals surface area contributed by atoms with E-state index in [-0.39, 0.29) is 19.8 Å². The Kier molecular flexibility index (Phi) is 5.37. The molecular formula is C21H23N3O5. The summed E-state index contributed by atoms with van der Waals surface area (Å²) in [5.41, 5.74) is 4.04. The van der Waals surface area contributed by atoms with Crippen LogP contribution in [-0.2, 0) is 17.8 Å². The molecule has 1 aromatic carbocycles. The Bertz CT molecular complexity index is 1030. The molecule has 0 radical (unpaired) electrons. The molecule has 1 aliphatic carbocycles. The Morgan fingerprint density at radius 3 is 2.90 bits per heavy atom. The molecule has 0 saturated heterocycles. The van der Waals surface area contributed by atoms with Gasteiger partial charge in [0.25, 0.3) is 0 Å². The SMILES string of the molecule is Cc1nc2c(OC3c4ccccc4CC3OC(=O)NCCO)cccn2c1CO. The summed E-state index contributed by atoms with van der Waals surface area (Å²) in [6.07, 6.45) is 0.757. The molecule has 1 amide bonds. The van der Waals surface area contributed by atoms with E-state index in [1.165, 1.54) is 0 Å². The molecule has 0 saturated carbocycles. The molecule has 0 aliphatic heterocycles. The standard InChI is InChI=1S/C21H23N3O5/c1-13-16(12-26)24-9-4-7-17(20(24)23-13)28-19-15-6-3-2-5-14(15)11-18(19)29-21(27)22-8-10-25/h2-7,9,18-19,25-26H,8,10-12H2,1H3,(H,22,27). The molecule has 8 heteroatoms. The molecular weight excluding hydrogens is 374 g/mol. The first-order chi connectivity index (χ1) is 14.1. The number of benzene rings is 1. The average Bonchev–Trinajstić information content (AvgIpc) is 3.23. The van der Waals surface area contributed by atoms with Gasteiger partial charge in [0, 0.05) is 19.2 Å². The van der Waals surface area contributed by atoms with Gasteiger partial charge in [-0.3, -0.25) is 4.40 Å². The van der Waals surface area contributed by atoms with Crippen molar-refractivity contribution in [2.45, 2.75) is 32.2 Å². The van der Waals surface area contributed by atoms with Crippen molar-refractivity contribution >= 4 is 11.7 Å². The molecule has 8 nitrogen and oxygen atoms in total. The van der Waals surface area contributed by atoms with E-state index in [4.69, 9.17) is 14.6 Å². The zero-order chi connectivity index (χ0) is 20.4. The van der Waals surface area contributed by atoms with Crippen LogP contribution in [0.4, 0.5) is 4.79 Å². The molecule has 0 bridgehead atoms. The number of hydrogen-bond acceptors (Lipinski definition) is 6. The number of nitrogens with zero attached hydrogens (tertiary/aromatic N) is 2. The normalized spacial score (nSPS) is 17.9. The van der Waals surface area contributed by atoms with Crippen LogP contribution in [0.5, 0.6) is 5.75 Å². The van der Waals surface area contributed by atoms with Crippen molar-refractivity contribution in [1.82, 2.24) is 14.7 Å². The van der Waals surface area contributed by atoms with Gasteiger partial charge in [0.15, 0.2) is 17.5 Å². The number of carbonyl (C=O) groups is 1. The van der Waals surface area contributed by atoms with Crippen molar-refractivity contribution < 1.29 is 24.5 Å². The maximum atomic E-state index is 12.1. The number of rotatable bonds is 6. The van der Waals surface area contributed by atoms with Crippen LogP contribution in [0, 0.1) is 6.92 Å². The minimum absolute atomic E-state index is 0.126. The van der Waals surface area contributed by atoms with Gasteiger partial charge in [-0.25, -0.2) is 9.78 Å². The van der Waals surface area contributed by atoms with Crippen LogP contribution in [0.2, 0.25) is 0 Å². The fourth-order valence-corrected chi connectivity index (χ4v) is 3.73. The van der Waals surface area contributed by atoms with E-state index in [0.717, 1.165) is 16.8 Å². The molecule has 2 aromatic heterocycles. The van der Waals surface area contributed by atoms with Crippen molar-refractivity contribution in [3.63, 3.8) is 0 Å². The van der Waals surface area contributed by atoms with E-state index in [1.54, 1.807) is 4.40 Å². The Morgan fingerprint density at radius 2 is 2.10 bits per heavy atom. The second kappa shape index (κ2) is 8.10. The first-order valence-electron chi connectivity index (χ1n) is 9.49. The number of hydrogen-bond donors (Lipinski definition) is 3. The van der Waals surface area contributed by atoms with Gasteiger partial charge in [-0.15, -0.1) is 0 Å². The molecule has 2 atom stereocenters. The van der Waals surface area contributed by atoms with Gasteiger partial charge in [0.2, 0.25) is 0 Å². The molecule has 29 heavy (non-hydrogen) atoms. The Morgan fingerprint density at radius 1 is 1.28 bits per heavy atom. The lowest BCUT2D eigenvalue weighted by Gasteiger charge is -2.22. The lowest BCUT2D eigenvalue weighted by Crippen LogP contribution is -2.34. The number of ether oxygens (including phenoxy) is 2. The summed E-state index contributed by atoms with van der Waals surface area (Å²) >= 11 is 0. The van der Waals surface area contributed by atoms with E-state index in [0.29, 0.717) is 23.5 Å². The zero-order valence-corrected chi connectivity index (χ0v) is 16.0. The minimum atomic E-state index is -0.595. The van der Waals surface area contributed by atoms with Crippen LogP contribution in [0.3, 0.4) is 0 Å². The van der Waals surface area contributed by atoms with Crippen LogP contribution in [-0.4, -0.2) is 44.9 Å². The van der Waals surface area contributed by atoms with E-state index in [2.05, 4.69) is 10.3 Å². The zero-order valence-electron chi connectivity index (χ0n) is 16.0. The summed E-state index contributed by atoms with van der Waals surface area (Å²) in [6.45, 7) is 1.68. The largest absolute Gasteiger partial charge is 0.478 e. The van der Waals surface area contributed by atoms with Crippen LogP contribution in [0.25, 0.3) is 5.65 Å². The molecule has 2 unspecified atom stereocenters. The fourth-order valence-electron chi connectivity index (χ4n) is 3.73. The van der Waals surface area contributed by atoms with Gasteiger partial charge in [0.1, 0.15) is 6.10 Å². The van der Waals surface area contributed by atoms with Gasteiger partial charge in [0.05, 0.1) is 24.6 Å². The summed E-state index contributed by atoms with van der Waals surface area (Å²) in [6, 6.07) is 11.5. The van der Waals surface area contributed by atoms with E-state index in [9.17, 15) is 9.90 Å². The average molecular weight is 397 g/mol. The number of fused-ring (bicyclic) bond motifs is 2. The number of carbonyl (C=O) groups excluding carboxylic acids is 1. The predicted molar refractivity (Wildman–Crippen MR) is 105 cm³/mol. The van der Waals surface area contributed by atoms with Crippen LogP contribution < -0.4 is 10.1 Å². The topological polar surface area (TPSA) is 105 Å². The minimum Gasteiger partial charge on any atom is -0.478 e. The third-order valence-corrected chi connectivity index (χ3v) is 5.08. The van der Waals surface area contributed by atoms with E-state index >= 15 is 0 Å². The monoisotopic (exact) mass is 397 g/mol. The molecule has 2 heterocycles. The summed E-state index contributed by atoms with van der Waals surface area (Å²) in [5, 5.41) is 21.0. The predicted octanol–water partition coefficient (Wildman–Crippen LogP) is 1.90. The molecule has 3 N–H and O–H groups in total. The molecule has 3 aromatic rings. The van der Waals surface area contributed by atoms with E-state index in [1.807, 2.05) is 49.5 Å². The van der Waals surface area contributed by atoms with Gasteiger partial charge >= 0.3 is 6.09 Å². The van der Waals surface area contributed by atoms with Crippen molar-refractivity contribution in [2.24, 2.45) is 0 Å².